The molecule has 102 valence electrons. The molecule has 1 atom stereocenters. The smallest absolute Gasteiger partial charge is 0.168 e. The number of hydrogen-bond acceptors (Lipinski definition) is 3. The second kappa shape index (κ2) is 6.17. The lowest BCUT2D eigenvalue weighted by atomic mass is 10.1. The molecule has 1 aromatic heterocycles. The van der Waals surface area contributed by atoms with Gasteiger partial charge in [-0.25, -0.2) is 4.39 Å². The van der Waals surface area contributed by atoms with Crippen LogP contribution in [-0.4, -0.2) is 12.2 Å². The Balaban J connectivity index is 2.16. The average Bonchev–Trinajstić information content (AvgIpc) is 2.90. The van der Waals surface area contributed by atoms with Gasteiger partial charge in [0.1, 0.15) is 0 Å². The van der Waals surface area contributed by atoms with Crippen molar-refractivity contribution in [1.29, 1.82) is 0 Å². The molecule has 0 fully saturated rings. The van der Waals surface area contributed by atoms with Gasteiger partial charge in [-0.1, -0.05) is 19.1 Å². The third kappa shape index (κ3) is 3.14. The number of aliphatic hydroxyl groups is 1. The Morgan fingerprint density at radius 2 is 2.11 bits per heavy atom. The normalized spacial score (nSPS) is 12.4. The highest BCUT2D eigenvalue weighted by molar-refractivity contribution is 7.12. The largest absolute Gasteiger partial charge is 0.494 e. The summed E-state index contributed by atoms with van der Waals surface area (Å²) in [4.78, 5) is 2.10. The fraction of sp³-hybridized carbons (Fsp3) is 0.333. The number of ether oxygens (including phenoxy) is 1. The number of thiophene rings is 1. The van der Waals surface area contributed by atoms with E-state index < -0.39 is 11.9 Å². The first-order valence-electron chi connectivity index (χ1n) is 6.23. The maximum atomic E-state index is 14.0. The lowest BCUT2D eigenvalue weighted by Gasteiger charge is -2.11. The highest BCUT2D eigenvalue weighted by atomic mass is 32.1. The molecule has 0 radical (unpaired) electrons. The number of halogens is 1. The minimum Gasteiger partial charge on any atom is -0.494 e. The fourth-order valence-electron chi connectivity index (χ4n) is 1.94. The fourth-order valence-corrected chi connectivity index (χ4v) is 2.88. The van der Waals surface area contributed by atoms with Crippen LogP contribution in [0.4, 0.5) is 4.39 Å². The van der Waals surface area contributed by atoms with Crippen LogP contribution in [0.25, 0.3) is 0 Å². The second-order valence-corrected chi connectivity index (χ2v) is 5.51. The number of aryl methyl sites for hydroxylation is 1. The molecule has 1 aromatic carbocycles. The van der Waals surface area contributed by atoms with Gasteiger partial charge in [-0.2, -0.15) is 0 Å². The molecule has 0 aliphatic heterocycles. The summed E-state index contributed by atoms with van der Waals surface area (Å²) in [5.74, 6) is -0.179. The van der Waals surface area contributed by atoms with Crippen LogP contribution in [0.15, 0.2) is 30.3 Å². The minimum absolute atomic E-state index is 0.213. The van der Waals surface area contributed by atoms with Gasteiger partial charge >= 0.3 is 0 Å². The van der Waals surface area contributed by atoms with Crippen LogP contribution in [0.3, 0.4) is 0 Å². The summed E-state index contributed by atoms with van der Waals surface area (Å²) in [6.45, 7) is 2.07. The summed E-state index contributed by atoms with van der Waals surface area (Å²) >= 11 is 1.57. The molecule has 1 N–H and O–H groups in total. The third-order valence-corrected chi connectivity index (χ3v) is 4.37. The number of hydrogen-bond donors (Lipinski definition) is 1. The Morgan fingerprint density at radius 3 is 2.74 bits per heavy atom. The van der Waals surface area contributed by atoms with Gasteiger partial charge in [0, 0.05) is 16.2 Å². The van der Waals surface area contributed by atoms with E-state index in [0.717, 1.165) is 11.3 Å². The maximum absolute atomic E-state index is 14.0. The van der Waals surface area contributed by atoms with Crippen LogP contribution < -0.4 is 4.74 Å². The van der Waals surface area contributed by atoms with E-state index >= 15 is 0 Å². The first kappa shape index (κ1) is 14.0. The van der Waals surface area contributed by atoms with Gasteiger partial charge < -0.3 is 9.84 Å². The summed E-state index contributed by atoms with van der Waals surface area (Å²) in [6.07, 6.45) is 0.532. The van der Waals surface area contributed by atoms with E-state index in [4.69, 9.17) is 4.74 Å². The SMILES string of the molecule is CCc1ccc(C(O)Cc2cccc(OC)c2F)s1. The summed E-state index contributed by atoms with van der Waals surface area (Å²) in [5.41, 5.74) is 0.471. The molecule has 0 saturated carbocycles. The molecule has 0 bridgehead atoms. The van der Waals surface area contributed by atoms with Gasteiger partial charge in [0.2, 0.25) is 0 Å². The molecule has 0 amide bonds. The minimum atomic E-state index is -0.674. The zero-order chi connectivity index (χ0) is 13.8. The van der Waals surface area contributed by atoms with Crippen molar-refractivity contribution in [2.24, 2.45) is 0 Å². The van der Waals surface area contributed by atoms with E-state index in [9.17, 15) is 9.50 Å². The van der Waals surface area contributed by atoms with Gasteiger partial charge in [-0.3, -0.25) is 0 Å². The highest BCUT2D eigenvalue weighted by Crippen LogP contribution is 2.29. The summed E-state index contributed by atoms with van der Waals surface area (Å²) < 4.78 is 18.9. The van der Waals surface area contributed by atoms with Crippen molar-refractivity contribution < 1.29 is 14.2 Å². The predicted octanol–water partition coefficient (Wildman–Crippen LogP) is 3.73. The van der Waals surface area contributed by atoms with Gasteiger partial charge in [0.15, 0.2) is 11.6 Å². The van der Waals surface area contributed by atoms with E-state index in [-0.39, 0.29) is 12.2 Å². The molecule has 2 aromatic rings. The van der Waals surface area contributed by atoms with Crippen molar-refractivity contribution >= 4 is 11.3 Å². The number of rotatable bonds is 5. The maximum Gasteiger partial charge on any atom is 0.168 e. The van der Waals surface area contributed by atoms with Crippen molar-refractivity contribution in [2.45, 2.75) is 25.9 Å². The van der Waals surface area contributed by atoms with Crippen LogP contribution in [0.1, 0.15) is 28.3 Å². The molecule has 0 aliphatic carbocycles. The van der Waals surface area contributed by atoms with Crippen molar-refractivity contribution in [2.75, 3.05) is 7.11 Å². The predicted molar refractivity (Wildman–Crippen MR) is 75.3 cm³/mol. The van der Waals surface area contributed by atoms with Gasteiger partial charge in [-0.05, 0) is 30.2 Å². The van der Waals surface area contributed by atoms with E-state index in [1.165, 1.54) is 12.0 Å². The van der Waals surface area contributed by atoms with Crippen LogP contribution in [-0.2, 0) is 12.8 Å². The molecular weight excluding hydrogens is 263 g/mol. The zero-order valence-corrected chi connectivity index (χ0v) is 11.8. The van der Waals surface area contributed by atoms with Gasteiger partial charge in [0.05, 0.1) is 13.2 Å². The van der Waals surface area contributed by atoms with E-state index in [1.807, 2.05) is 12.1 Å². The standard InChI is InChI=1S/C15H17FO2S/c1-3-11-7-8-14(19-11)12(17)9-10-5-4-6-13(18-2)15(10)16/h4-8,12,17H,3,9H2,1-2H3. The van der Waals surface area contributed by atoms with E-state index in [1.54, 1.807) is 29.5 Å². The Morgan fingerprint density at radius 1 is 1.32 bits per heavy atom. The second-order valence-electron chi connectivity index (χ2n) is 4.31. The Bertz CT molecular complexity index is 551. The Labute approximate surface area is 116 Å². The van der Waals surface area contributed by atoms with Crippen molar-refractivity contribution in [3.05, 3.63) is 51.5 Å². The Hall–Kier alpha value is -1.39. The zero-order valence-electron chi connectivity index (χ0n) is 11.0. The topological polar surface area (TPSA) is 29.5 Å². The monoisotopic (exact) mass is 280 g/mol. The molecular formula is C15H17FO2S. The van der Waals surface area contributed by atoms with Gasteiger partial charge in [-0.15, -0.1) is 11.3 Å². The average molecular weight is 280 g/mol. The molecule has 2 rings (SSSR count). The summed E-state index contributed by atoms with van der Waals surface area (Å²) in [5, 5.41) is 10.2. The highest BCUT2D eigenvalue weighted by Gasteiger charge is 2.15. The van der Waals surface area contributed by atoms with Gasteiger partial charge in [0.25, 0.3) is 0 Å². The van der Waals surface area contributed by atoms with Crippen molar-refractivity contribution in [3.8, 4) is 5.75 Å². The van der Waals surface area contributed by atoms with E-state index in [2.05, 4.69) is 6.92 Å². The molecule has 19 heavy (non-hydrogen) atoms. The lowest BCUT2D eigenvalue weighted by molar-refractivity contribution is 0.180. The van der Waals surface area contributed by atoms with Crippen LogP contribution in [0, 0.1) is 5.82 Å². The molecule has 0 saturated heterocycles. The summed E-state index contributed by atoms with van der Waals surface area (Å²) in [7, 11) is 1.44. The molecule has 1 unspecified atom stereocenters. The number of aliphatic hydroxyl groups excluding tert-OH is 1. The quantitative estimate of drug-likeness (QED) is 0.904. The number of methoxy groups -OCH3 is 1. The lowest BCUT2D eigenvalue weighted by Crippen LogP contribution is -2.03. The van der Waals surface area contributed by atoms with Crippen LogP contribution in [0.5, 0.6) is 5.75 Å². The molecule has 2 nitrogen and oxygen atoms in total. The Kier molecular flexibility index (Phi) is 4.56. The summed E-state index contributed by atoms with van der Waals surface area (Å²) in [6, 6.07) is 8.90. The van der Waals surface area contributed by atoms with Crippen LogP contribution >= 0.6 is 11.3 Å². The molecule has 0 aliphatic rings. The molecule has 4 heteroatoms. The van der Waals surface area contributed by atoms with Crippen LogP contribution in [0.2, 0.25) is 0 Å². The number of benzene rings is 1. The van der Waals surface area contributed by atoms with Crippen molar-refractivity contribution in [3.63, 3.8) is 0 Å². The molecule has 1 heterocycles. The molecule has 0 spiro atoms. The van der Waals surface area contributed by atoms with E-state index in [0.29, 0.717) is 5.56 Å². The first-order valence-corrected chi connectivity index (χ1v) is 7.05. The first-order chi connectivity index (χ1) is 9.15. The third-order valence-electron chi connectivity index (χ3n) is 3.04. The van der Waals surface area contributed by atoms with Crippen molar-refractivity contribution in [1.82, 2.24) is 0 Å².